The smallest absolute Gasteiger partial charge is 0.125 e. The Bertz CT molecular complexity index is 639. The molecule has 0 aromatic heterocycles. The molecule has 2 aromatic rings. The molecule has 0 bridgehead atoms. The molecule has 0 spiro atoms. The molecule has 0 amide bonds. The van der Waals surface area contributed by atoms with Crippen LogP contribution in [0.15, 0.2) is 40.9 Å². The van der Waals surface area contributed by atoms with E-state index in [4.69, 9.17) is 16.3 Å². The lowest BCUT2D eigenvalue weighted by Gasteiger charge is -2.22. The fourth-order valence-electron chi connectivity index (χ4n) is 2.69. The van der Waals surface area contributed by atoms with Crippen molar-refractivity contribution in [1.82, 2.24) is 0 Å². The minimum Gasteiger partial charge on any atom is -0.493 e. The van der Waals surface area contributed by atoms with E-state index in [2.05, 4.69) is 46.4 Å². The van der Waals surface area contributed by atoms with Crippen LogP contribution in [0.4, 0.5) is 5.69 Å². The van der Waals surface area contributed by atoms with Crippen molar-refractivity contribution in [2.45, 2.75) is 25.8 Å². The Morgan fingerprint density at radius 1 is 1.29 bits per heavy atom. The topological polar surface area (TPSA) is 21.3 Å². The number of hydrogen-bond acceptors (Lipinski definition) is 2. The molecule has 0 aliphatic carbocycles. The minimum atomic E-state index is 0.217. The molecular formula is C17H17BrClNO. The van der Waals surface area contributed by atoms with Gasteiger partial charge < -0.3 is 10.1 Å². The van der Waals surface area contributed by atoms with E-state index < -0.39 is 0 Å². The summed E-state index contributed by atoms with van der Waals surface area (Å²) >= 11 is 9.84. The molecule has 0 radical (unpaired) electrons. The second kappa shape index (κ2) is 6.29. The molecule has 1 N–H and O–H groups in total. The van der Waals surface area contributed by atoms with E-state index >= 15 is 0 Å². The number of aryl methyl sites for hydroxylation is 1. The van der Waals surface area contributed by atoms with Crippen LogP contribution in [-0.4, -0.2) is 6.61 Å². The first-order chi connectivity index (χ1) is 10.1. The average molecular weight is 367 g/mol. The van der Waals surface area contributed by atoms with Crippen molar-refractivity contribution in [2.24, 2.45) is 0 Å². The van der Waals surface area contributed by atoms with Crippen LogP contribution in [0, 0.1) is 6.92 Å². The highest BCUT2D eigenvalue weighted by Gasteiger charge is 2.21. The Hall–Kier alpha value is -1.19. The van der Waals surface area contributed by atoms with E-state index in [-0.39, 0.29) is 6.04 Å². The van der Waals surface area contributed by atoms with Crippen molar-refractivity contribution in [3.8, 4) is 5.75 Å². The lowest BCUT2D eigenvalue weighted by Crippen LogP contribution is -2.11. The minimum absolute atomic E-state index is 0.217. The highest BCUT2D eigenvalue weighted by atomic mass is 79.9. The van der Waals surface area contributed by atoms with Gasteiger partial charge in [-0.05, 0) is 43.5 Å². The molecule has 1 atom stereocenters. The second-order valence-corrected chi connectivity index (χ2v) is 6.62. The van der Waals surface area contributed by atoms with Gasteiger partial charge in [-0.25, -0.2) is 0 Å². The van der Waals surface area contributed by atoms with Gasteiger partial charge in [0.15, 0.2) is 0 Å². The predicted octanol–water partition coefficient (Wildman–Crippen LogP) is 5.74. The average Bonchev–Trinajstić information content (AvgIpc) is 2.65. The van der Waals surface area contributed by atoms with Gasteiger partial charge in [0.1, 0.15) is 5.75 Å². The first kappa shape index (κ1) is 14.7. The van der Waals surface area contributed by atoms with Crippen LogP contribution in [0.2, 0.25) is 5.02 Å². The summed E-state index contributed by atoms with van der Waals surface area (Å²) in [7, 11) is 0. The molecule has 3 rings (SSSR count). The third kappa shape index (κ3) is 3.19. The van der Waals surface area contributed by atoms with Crippen LogP contribution in [0.3, 0.4) is 0 Å². The van der Waals surface area contributed by atoms with Crippen molar-refractivity contribution in [1.29, 1.82) is 0 Å². The first-order valence-corrected chi connectivity index (χ1v) is 8.26. The zero-order valence-corrected chi connectivity index (χ0v) is 14.2. The lowest BCUT2D eigenvalue weighted by molar-refractivity contribution is 0.316. The lowest BCUT2D eigenvalue weighted by atomic mass is 10.0. The third-order valence-corrected chi connectivity index (χ3v) is 4.59. The maximum Gasteiger partial charge on any atom is 0.125 e. The number of ether oxygens (including phenoxy) is 1. The Morgan fingerprint density at radius 3 is 2.95 bits per heavy atom. The summed E-state index contributed by atoms with van der Waals surface area (Å²) in [5.41, 5.74) is 3.36. The predicted molar refractivity (Wildman–Crippen MR) is 91.4 cm³/mol. The van der Waals surface area contributed by atoms with Gasteiger partial charge in [-0.3, -0.25) is 0 Å². The van der Waals surface area contributed by atoms with Crippen molar-refractivity contribution in [3.63, 3.8) is 0 Å². The van der Waals surface area contributed by atoms with E-state index in [1.807, 2.05) is 18.2 Å². The van der Waals surface area contributed by atoms with E-state index in [0.29, 0.717) is 0 Å². The number of fused-ring (bicyclic) bond motifs is 1. The van der Waals surface area contributed by atoms with Gasteiger partial charge in [0.25, 0.3) is 0 Å². The van der Waals surface area contributed by atoms with Gasteiger partial charge in [0.05, 0.1) is 23.4 Å². The number of nitrogens with one attached hydrogen (secondary N) is 1. The fraction of sp³-hybridized carbons (Fsp3) is 0.294. The third-order valence-electron chi connectivity index (χ3n) is 3.79. The maximum absolute atomic E-state index is 6.34. The number of anilines is 1. The van der Waals surface area contributed by atoms with Gasteiger partial charge in [0.2, 0.25) is 0 Å². The van der Waals surface area contributed by atoms with Gasteiger partial charge in [0, 0.05) is 10.0 Å². The summed E-state index contributed by atoms with van der Waals surface area (Å²) in [6.45, 7) is 2.83. The zero-order chi connectivity index (χ0) is 14.8. The summed E-state index contributed by atoms with van der Waals surface area (Å²) in [5, 5.41) is 4.37. The fourth-order valence-corrected chi connectivity index (χ4v) is 3.30. The molecule has 0 saturated heterocycles. The maximum atomic E-state index is 6.34. The van der Waals surface area contributed by atoms with Crippen LogP contribution < -0.4 is 10.1 Å². The van der Waals surface area contributed by atoms with E-state index in [0.717, 1.165) is 45.9 Å². The van der Waals surface area contributed by atoms with Crippen molar-refractivity contribution in [2.75, 3.05) is 11.9 Å². The standard InChI is InChI=1S/C17H17BrClNO/c1-11-4-2-5-14(19)17(11)20-15-6-3-9-21-16-10-12(18)7-8-13(15)16/h2,4-5,7-8,10,15,20H,3,6,9H2,1H3. The Labute approximate surface area is 138 Å². The van der Waals surface area contributed by atoms with Gasteiger partial charge in [-0.1, -0.05) is 45.7 Å². The molecule has 0 saturated carbocycles. The molecule has 1 unspecified atom stereocenters. The summed E-state index contributed by atoms with van der Waals surface area (Å²) in [6.07, 6.45) is 2.05. The molecular weight excluding hydrogens is 350 g/mol. The monoisotopic (exact) mass is 365 g/mol. The Balaban J connectivity index is 1.96. The molecule has 110 valence electrons. The molecule has 1 heterocycles. The van der Waals surface area contributed by atoms with Crippen LogP contribution in [0.25, 0.3) is 0 Å². The largest absolute Gasteiger partial charge is 0.493 e. The van der Waals surface area contributed by atoms with Gasteiger partial charge in [-0.15, -0.1) is 0 Å². The van der Waals surface area contributed by atoms with E-state index in [1.165, 1.54) is 5.56 Å². The van der Waals surface area contributed by atoms with Crippen LogP contribution in [-0.2, 0) is 0 Å². The van der Waals surface area contributed by atoms with Gasteiger partial charge in [-0.2, -0.15) is 0 Å². The number of rotatable bonds is 2. The number of benzene rings is 2. The zero-order valence-electron chi connectivity index (χ0n) is 11.8. The van der Waals surface area contributed by atoms with Crippen molar-refractivity contribution < 1.29 is 4.74 Å². The van der Waals surface area contributed by atoms with Crippen molar-refractivity contribution >= 4 is 33.2 Å². The van der Waals surface area contributed by atoms with Crippen LogP contribution in [0.5, 0.6) is 5.75 Å². The first-order valence-electron chi connectivity index (χ1n) is 7.09. The summed E-state index contributed by atoms with van der Waals surface area (Å²) in [6, 6.07) is 12.4. The van der Waals surface area contributed by atoms with E-state index in [1.54, 1.807) is 0 Å². The molecule has 1 aliphatic rings. The number of para-hydroxylation sites is 1. The van der Waals surface area contributed by atoms with E-state index in [9.17, 15) is 0 Å². The SMILES string of the molecule is Cc1cccc(Cl)c1NC1CCCOc2cc(Br)ccc21. The number of halogens is 2. The molecule has 2 aromatic carbocycles. The quantitative estimate of drug-likeness (QED) is 0.732. The highest BCUT2D eigenvalue weighted by molar-refractivity contribution is 9.10. The highest BCUT2D eigenvalue weighted by Crippen LogP contribution is 2.37. The molecule has 2 nitrogen and oxygen atoms in total. The van der Waals surface area contributed by atoms with Crippen LogP contribution in [0.1, 0.15) is 30.0 Å². The molecule has 21 heavy (non-hydrogen) atoms. The van der Waals surface area contributed by atoms with Crippen molar-refractivity contribution in [3.05, 3.63) is 57.0 Å². The van der Waals surface area contributed by atoms with Gasteiger partial charge >= 0.3 is 0 Å². The Kier molecular flexibility index (Phi) is 4.41. The molecule has 4 heteroatoms. The molecule has 0 fully saturated rings. The summed E-state index contributed by atoms with van der Waals surface area (Å²) < 4.78 is 6.89. The normalized spacial score (nSPS) is 17.6. The Morgan fingerprint density at radius 2 is 2.14 bits per heavy atom. The van der Waals surface area contributed by atoms with Crippen LogP contribution >= 0.6 is 27.5 Å². The molecule has 1 aliphatic heterocycles. The summed E-state index contributed by atoms with van der Waals surface area (Å²) in [5.74, 6) is 0.948. The number of hydrogen-bond donors (Lipinski definition) is 1. The summed E-state index contributed by atoms with van der Waals surface area (Å²) in [4.78, 5) is 0. The second-order valence-electron chi connectivity index (χ2n) is 5.30.